The molecule has 0 unspecified atom stereocenters. The summed E-state index contributed by atoms with van der Waals surface area (Å²) in [5.41, 5.74) is 4.99. The molecule has 0 spiro atoms. The molecule has 0 bridgehead atoms. The number of amides is 2. The summed E-state index contributed by atoms with van der Waals surface area (Å²) in [4.78, 5) is 24.0. The van der Waals surface area contributed by atoms with Crippen molar-refractivity contribution in [1.82, 2.24) is 4.90 Å². The van der Waals surface area contributed by atoms with E-state index in [0.717, 1.165) is 12.8 Å². The van der Waals surface area contributed by atoms with Crippen LogP contribution >= 0.6 is 11.8 Å². The van der Waals surface area contributed by atoms with Gasteiger partial charge in [-0.25, -0.2) is 0 Å². The summed E-state index contributed by atoms with van der Waals surface area (Å²) >= 11 is 1.37. The predicted molar refractivity (Wildman–Crippen MR) is 63.0 cm³/mol. The maximum absolute atomic E-state index is 11.7. The zero-order valence-corrected chi connectivity index (χ0v) is 10.0. The van der Waals surface area contributed by atoms with Crippen LogP contribution in [-0.4, -0.2) is 52.5 Å². The Morgan fingerprint density at radius 1 is 1.44 bits per heavy atom. The second-order valence-corrected chi connectivity index (χ2v) is 4.92. The first-order chi connectivity index (χ1) is 7.65. The molecule has 1 saturated carbocycles. The van der Waals surface area contributed by atoms with E-state index in [0.29, 0.717) is 24.8 Å². The van der Waals surface area contributed by atoms with Crippen LogP contribution in [0.3, 0.4) is 0 Å². The Balaban J connectivity index is 2.18. The Morgan fingerprint density at radius 3 is 2.62 bits per heavy atom. The molecule has 0 aromatic carbocycles. The minimum absolute atomic E-state index is 0.0106. The van der Waals surface area contributed by atoms with Crippen LogP contribution in [0.5, 0.6) is 0 Å². The molecule has 16 heavy (non-hydrogen) atoms. The lowest BCUT2D eigenvalue weighted by atomic mass is 10.3. The third-order valence-corrected chi connectivity index (χ3v) is 3.33. The second kappa shape index (κ2) is 6.75. The van der Waals surface area contributed by atoms with Gasteiger partial charge in [0.15, 0.2) is 0 Å². The van der Waals surface area contributed by atoms with Crippen molar-refractivity contribution in [1.29, 1.82) is 0 Å². The fraction of sp³-hybridized carbons (Fsp3) is 0.800. The summed E-state index contributed by atoms with van der Waals surface area (Å²) in [6, 6.07) is 0.334. The summed E-state index contributed by atoms with van der Waals surface area (Å²) in [5.74, 6) is 0.577. The molecule has 0 radical (unpaired) electrons. The van der Waals surface area contributed by atoms with Crippen molar-refractivity contribution in [3.8, 4) is 0 Å². The highest BCUT2D eigenvalue weighted by atomic mass is 32.2. The van der Waals surface area contributed by atoms with Gasteiger partial charge >= 0.3 is 0 Å². The van der Waals surface area contributed by atoms with Gasteiger partial charge in [-0.3, -0.25) is 9.59 Å². The number of nitrogens with zero attached hydrogens (tertiary/aromatic N) is 1. The van der Waals surface area contributed by atoms with Gasteiger partial charge < -0.3 is 15.7 Å². The molecule has 5 nitrogen and oxygen atoms in total. The number of hydrogen-bond acceptors (Lipinski definition) is 4. The third kappa shape index (κ3) is 4.85. The van der Waals surface area contributed by atoms with Gasteiger partial charge in [-0.1, -0.05) is 0 Å². The summed E-state index contributed by atoms with van der Waals surface area (Å²) in [5, 5.41) is 8.85. The van der Waals surface area contributed by atoms with Crippen molar-refractivity contribution in [2.75, 3.05) is 24.7 Å². The van der Waals surface area contributed by atoms with Crippen molar-refractivity contribution in [2.24, 2.45) is 5.73 Å². The molecule has 1 fully saturated rings. The molecule has 0 saturated heterocycles. The summed E-state index contributed by atoms with van der Waals surface area (Å²) < 4.78 is 0. The molecule has 6 heteroatoms. The maximum Gasteiger partial charge on any atom is 0.227 e. The van der Waals surface area contributed by atoms with Crippen LogP contribution in [0.25, 0.3) is 0 Å². The van der Waals surface area contributed by atoms with E-state index in [-0.39, 0.29) is 24.2 Å². The monoisotopic (exact) mass is 246 g/mol. The van der Waals surface area contributed by atoms with Gasteiger partial charge in [0.05, 0.1) is 12.4 Å². The van der Waals surface area contributed by atoms with Crippen molar-refractivity contribution >= 4 is 23.6 Å². The van der Waals surface area contributed by atoms with E-state index < -0.39 is 0 Å². The molecule has 92 valence electrons. The Hall–Kier alpha value is -0.750. The average molecular weight is 246 g/mol. The molecule has 0 atom stereocenters. The first-order valence-electron chi connectivity index (χ1n) is 5.41. The van der Waals surface area contributed by atoms with E-state index in [1.54, 1.807) is 4.90 Å². The zero-order chi connectivity index (χ0) is 12.0. The summed E-state index contributed by atoms with van der Waals surface area (Å²) in [7, 11) is 0. The number of carbonyl (C=O) groups is 2. The Bertz CT molecular complexity index is 256. The van der Waals surface area contributed by atoms with E-state index in [2.05, 4.69) is 0 Å². The molecular weight excluding hydrogens is 228 g/mol. The van der Waals surface area contributed by atoms with Crippen LogP contribution in [-0.2, 0) is 9.59 Å². The molecule has 1 aliphatic rings. The molecule has 0 aromatic rings. The van der Waals surface area contributed by atoms with E-state index in [9.17, 15) is 9.59 Å². The van der Waals surface area contributed by atoms with Gasteiger partial charge in [0.2, 0.25) is 11.8 Å². The molecule has 0 aromatic heterocycles. The van der Waals surface area contributed by atoms with Crippen LogP contribution in [0.15, 0.2) is 0 Å². The van der Waals surface area contributed by atoms with Gasteiger partial charge in [0.25, 0.3) is 0 Å². The van der Waals surface area contributed by atoms with Crippen LogP contribution in [0, 0.1) is 0 Å². The third-order valence-electron chi connectivity index (χ3n) is 2.35. The lowest BCUT2D eigenvalue weighted by Gasteiger charge is -2.21. The second-order valence-electron chi connectivity index (χ2n) is 3.81. The molecule has 1 rings (SSSR count). The first kappa shape index (κ1) is 13.3. The van der Waals surface area contributed by atoms with Gasteiger partial charge in [-0.2, -0.15) is 11.8 Å². The van der Waals surface area contributed by atoms with Crippen LogP contribution in [0.1, 0.15) is 19.3 Å². The molecule has 3 N–H and O–H groups in total. The highest BCUT2D eigenvalue weighted by Gasteiger charge is 2.31. The van der Waals surface area contributed by atoms with Crippen LogP contribution < -0.4 is 5.73 Å². The fourth-order valence-corrected chi connectivity index (χ4v) is 2.15. The van der Waals surface area contributed by atoms with Crippen LogP contribution in [0.4, 0.5) is 0 Å². The normalized spacial score (nSPS) is 14.8. The largest absolute Gasteiger partial charge is 0.395 e. The molecular formula is C10H18N2O3S. The van der Waals surface area contributed by atoms with Gasteiger partial charge in [0.1, 0.15) is 0 Å². The Morgan fingerprint density at radius 2 is 2.12 bits per heavy atom. The Kier molecular flexibility index (Phi) is 5.62. The Labute approximate surface area is 99.4 Å². The number of rotatable bonds is 8. The predicted octanol–water partition coefficient (Wildman–Crippen LogP) is -0.422. The number of carbonyl (C=O) groups excluding carboxylic acids is 2. The van der Waals surface area contributed by atoms with Crippen molar-refractivity contribution in [2.45, 2.75) is 25.3 Å². The highest BCUT2D eigenvalue weighted by molar-refractivity contribution is 7.99. The van der Waals surface area contributed by atoms with E-state index in [1.807, 2.05) is 0 Å². The van der Waals surface area contributed by atoms with Crippen molar-refractivity contribution < 1.29 is 14.7 Å². The van der Waals surface area contributed by atoms with E-state index in [1.165, 1.54) is 11.8 Å². The number of hydrogen-bond donors (Lipinski definition) is 2. The minimum Gasteiger partial charge on any atom is -0.395 e. The smallest absolute Gasteiger partial charge is 0.227 e. The molecule has 0 aliphatic heterocycles. The standard InChI is InChI=1S/C10H18N2O3S/c11-9(14)7-16-6-3-10(15)12(4-5-13)8-1-2-8/h8,13H,1-7H2,(H2,11,14). The SMILES string of the molecule is NC(=O)CSCCC(=O)N(CCO)C1CC1. The summed E-state index contributed by atoms with van der Waals surface area (Å²) in [6.07, 6.45) is 2.49. The first-order valence-corrected chi connectivity index (χ1v) is 6.57. The fourth-order valence-electron chi connectivity index (χ4n) is 1.48. The molecule has 2 amide bonds. The molecule has 1 aliphatic carbocycles. The maximum atomic E-state index is 11.7. The highest BCUT2D eigenvalue weighted by Crippen LogP contribution is 2.27. The van der Waals surface area contributed by atoms with Crippen molar-refractivity contribution in [3.05, 3.63) is 0 Å². The molecule has 0 heterocycles. The van der Waals surface area contributed by atoms with Crippen molar-refractivity contribution in [3.63, 3.8) is 0 Å². The quantitative estimate of drug-likeness (QED) is 0.570. The van der Waals surface area contributed by atoms with Gasteiger partial charge in [-0.05, 0) is 12.8 Å². The number of thioether (sulfide) groups is 1. The number of primary amides is 1. The lowest BCUT2D eigenvalue weighted by Crippen LogP contribution is -2.35. The number of aliphatic hydroxyl groups excluding tert-OH is 1. The minimum atomic E-state index is -0.355. The number of nitrogens with two attached hydrogens (primary N) is 1. The zero-order valence-electron chi connectivity index (χ0n) is 9.22. The van der Waals surface area contributed by atoms with E-state index in [4.69, 9.17) is 10.8 Å². The average Bonchev–Trinajstić information content (AvgIpc) is 3.04. The lowest BCUT2D eigenvalue weighted by molar-refractivity contribution is -0.131. The van der Waals surface area contributed by atoms with Gasteiger partial charge in [-0.15, -0.1) is 0 Å². The topological polar surface area (TPSA) is 83.6 Å². The number of aliphatic hydroxyl groups is 1. The summed E-state index contributed by atoms with van der Waals surface area (Å²) in [6.45, 7) is 0.431. The van der Waals surface area contributed by atoms with Crippen LogP contribution in [0.2, 0.25) is 0 Å². The van der Waals surface area contributed by atoms with E-state index >= 15 is 0 Å². The van der Waals surface area contributed by atoms with Gasteiger partial charge in [0, 0.05) is 24.8 Å².